The maximum absolute atomic E-state index is 12.3. The number of carbonyl (C=O) groups is 1. The lowest BCUT2D eigenvalue weighted by atomic mass is 10.1. The molecule has 1 heterocycles. The highest BCUT2D eigenvalue weighted by Crippen LogP contribution is 2.12. The van der Waals surface area contributed by atoms with E-state index in [1.807, 2.05) is 37.3 Å². The first kappa shape index (κ1) is 16.9. The summed E-state index contributed by atoms with van der Waals surface area (Å²) in [6, 6.07) is 14.8. The number of Topliss-reactive ketones (excluding diaryl/α,β-unsaturated/α-hetero) is 1. The molecule has 25 heavy (non-hydrogen) atoms. The van der Waals surface area contributed by atoms with Crippen molar-refractivity contribution in [3.05, 3.63) is 84.8 Å². The van der Waals surface area contributed by atoms with Crippen molar-refractivity contribution in [3.8, 4) is 5.75 Å². The SMILES string of the molecule is COc1ccc(C(=O)/C=c2\[nH]c(=O)/c(=C\c3cccc(C)c3)s2)cc1. The molecule has 0 atom stereocenters. The van der Waals surface area contributed by atoms with Crippen molar-refractivity contribution in [1.82, 2.24) is 4.98 Å². The molecule has 2 aromatic carbocycles. The van der Waals surface area contributed by atoms with Crippen LogP contribution in [-0.2, 0) is 0 Å². The van der Waals surface area contributed by atoms with E-state index in [1.165, 1.54) is 17.4 Å². The summed E-state index contributed by atoms with van der Waals surface area (Å²) in [5, 5.41) is 0. The van der Waals surface area contributed by atoms with Crippen LogP contribution in [-0.4, -0.2) is 17.9 Å². The van der Waals surface area contributed by atoms with Gasteiger partial charge in [0.1, 0.15) is 5.75 Å². The lowest BCUT2D eigenvalue weighted by molar-refractivity contribution is 0.106. The second-order valence-corrected chi connectivity index (χ2v) is 6.66. The van der Waals surface area contributed by atoms with Gasteiger partial charge < -0.3 is 9.72 Å². The van der Waals surface area contributed by atoms with Crippen molar-refractivity contribution in [1.29, 1.82) is 0 Å². The Bertz CT molecular complexity index is 1080. The highest BCUT2D eigenvalue weighted by atomic mass is 32.1. The molecule has 0 aliphatic carbocycles. The largest absolute Gasteiger partial charge is 0.497 e. The minimum absolute atomic E-state index is 0.165. The lowest BCUT2D eigenvalue weighted by Gasteiger charge is -1.99. The Hall–Kier alpha value is -2.92. The second kappa shape index (κ2) is 7.32. The van der Waals surface area contributed by atoms with E-state index in [9.17, 15) is 9.59 Å². The number of aromatic nitrogens is 1. The fourth-order valence-corrected chi connectivity index (χ4v) is 3.28. The van der Waals surface area contributed by atoms with Crippen molar-refractivity contribution in [2.45, 2.75) is 6.92 Å². The van der Waals surface area contributed by atoms with E-state index < -0.39 is 0 Å². The number of benzene rings is 2. The minimum Gasteiger partial charge on any atom is -0.497 e. The molecule has 0 saturated carbocycles. The molecule has 1 aromatic heterocycles. The van der Waals surface area contributed by atoms with Crippen LogP contribution < -0.4 is 19.5 Å². The monoisotopic (exact) mass is 351 g/mol. The molecule has 0 aliphatic rings. The van der Waals surface area contributed by atoms with Gasteiger partial charge in [-0.2, -0.15) is 0 Å². The number of H-pyrrole nitrogens is 1. The number of ether oxygens (including phenoxy) is 1. The number of thiazole rings is 1. The number of nitrogens with one attached hydrogen (secondary N) is 1. The van der Waals surface area contributed by atoms with Gasteiger partial charge in [-0.3, -0.25) is 9.59 Å². The molecule has 0 radical (unpaired) electrons. The fourth-order valence-electron chi connectivity index (χ4n) is 2.39. The van der Waals surface area contributed by atoms with Crippen molar-refractivity contribution >= 4 is 29.3 Å². The molecule has 0 aliphatic heterocycles. The van der Waals surface area contributed by atoms with Crippen LogP contribution in [0.15, 0.2) is 53.3 Å². The Morgan fingerprint density at radius 2 is 1.92 bits per heavy atom. The van der Waals surface area contributed by atoms with Crippen LogP contribution >= 0.6 is 11.3 Å². The molecule has 1 N–H and O–H groups in total. The number of aromatic amines is 1. The molecular weight excluding hydrogens is 334 g/mol. The van der Waals surface area contributed by atoms with Gasteiger partial charge in [0.25, 0.3) is 5.56 Å². The van der Waals surface area contributed by atoms with Crippen molar-refractivity contribution in [2.75, 3.05) is 7.11 Å². The Morgan fingerprint density at radius 3 is 2.60 bits per heavy atom. The number of hydrogen-bond donors (Lipinski definition) is 1. The normalized spacial score (nSPS) is 12.4. The molecule has 0 unspecified atom stereocenters. The van der Waals surface area contributed by atoms with E-state index >= 15 is 0 Å². The van der Waals surface area contributed by atoms with Gasteiger partial charge in [-0.15, -0.1) is 11.3 Å². The molecule has 0 saturated heterocycles. The van der Waals surface area contributed by atoms with Crippen LogP contribution in [0.5, 0.6) is 5.75 Å². The number of ketones is 1. The molecule has 0 fully saturated rings. The van der Waals surface area contributed by atoms with Gasteiger partial charge in [-0.05, 0) is 42.8 Å². The van der Waals surface area contributed by atoms with Gasteiger partial charge in [0.05, 0.1) is 16.3 Å². The predicted molar refractivity (Wildman–Crippen MR) is 101 cm³/mol. The molecular formula is C20H17NO3S. The van der Waals surface area contributed by atoms with Crippen LogP contribution in [0.3, 0.4) is 0 Å². The predicted octanol–water partition coefficient (Wildman–Crippen LogP) is 2.25. The number of carbonyl (C=O) groups excluding carboxylic acids is 1. The average molecular weight is 351 g/mol. The molecule has 5 heteroatoms. The third-order valence-electron chi connectivity index (χ3n) is 3.66. The van der Waals surface area contributed by atoms with Gasteiger partial charge in [0.15, 0.2) is 5.78 Å². The Morgan fingerprint density at radius 1 is 1.16 bits per heavy atom. The number of methoxy groups -OCH3 is 1. The third kappa shape index (κ3) is 4.14. The summed E-state index contributed by atoms with van der Waals surface area (Å²) < 4.78 is 6.18. The molecule has 0 amide bonds. The van der Waals surface area contributed by atoms with Crippen LogP contribution in [0.25, 0.3) is 12.2 Å². The zero-order valence-corrected chi connectivity index (χ0v) is 14.7. The first-order chi connectivity index (χ1) is 12.0. The van der Waals surface area contributed by atoms with Crippen molar-refractivity contribution < 1.29 is 9.53 Å². The van der Waals surface area contributed by atoms with E-state index in [2.05, 4.69) is 4.98 Å². The summed E-state index contributed by atoms with van der Waals surface area (Å²) in [5.74, 6) is 0.526. The summed E-state index contributed by atoms with van der Waals surface area (Å²) >= 11 is 1.27. The standard InChI is InChI=1S/C20H17NO3S/c1-13-4-3-5-14(10-13)11-18-20(23)21-19(25-18)12-17(22)15-6-8-16(24-2)9-7-15/h3-12H,1-2H3,(H,21,23)/b18-11+,19-12+. The number of hydrogen-bond acceptors (Lipinski definition) is 4. The zero-order chi connectivity index (χ0) is 17.8. The maximum Gasteiger partial charge on any atom is 0.266 e. The van der Waals surface area contributed by atoms with E-state index in [0.29, 0.717) is 20.5 Å². The van der Waals surface area contributed by atoms with E-state index in [4.69, 9.17) is 4.74 Å². The molecule has 3 aromatic rings. The first-order valence-corrected chi connectivity index (χ1v) is 8.54. The summed E-state index contributed by atoms with van der Waals surface area (Å²) in [5.41, 5.74) is 2.43. The van der Waals surface area contributed by atoms with Crippen LogP contribution in [0.1, 0.15) is 21.5 Å². The summed E-state index contributed by atoms with van der Waals surface area (Å²) in [6.07, 6.45) is 3.27. The average Bonchev–Trinajstić information content (AvgIpc) is 2.94. The maximum atomic E-state index is 12.3. The van der Waals surface area contributed by atoms with Crippen LogP contribution in [0.4, 0.5) is 0 Å². The van der Waals surface area contributed by atoms with Crippen LogP contribution in [0.2, 0.25) is 0 Å². The van der Waals surface area contributed by atoms with Gasteiger partial charge in [0.2, 0.25) is 0 Å². The smallest absolute Gasteiger partial charge is 0.266 e. The summed E-state index contributed by atoms with van der Waals surface area (Å²) in [4.78, 5) is 27.2. The molecule has 4 nitrogen and oxygen atoms in total. The first-order valence-electron chi connectivity index (χ1n) is 7.73. The van der Waals surface area contributed by atoms with E-state index in [0.717, 1.165) is 11.1 Å². The number of aryl methyl sites for hydroxylation is 1. The summed E-state index contributed by atoms with van der Waals surface area (Å²) in [7, 11) is 1.57. The van der Waals surface area contributed by atoms with Gasteiger partial charge in [-0.25, -0.2) is 0 Å². The fraction of sp³-hybridized carbons (Fsp3) is 0.100. The van der Waals surface area contributed by atoms with E-state index in [-0.39, 0.29) is 11.3 Å². The van der Waals surface area contributed by atoms with Crippen LogP contribution in [0, 0.1) is 6.92 Å². The Balaban J connectivity index is 1.94. The van der Waals surface area contributed by atoms with Crippen molar-refractivity contribution in [2.24, 2.45) is 0 Å². The molecule has 126 valence electrons. The van der Waals surface area contributed by atoms with Gasteiger partial charge >= 0.3 is 0 Å². The summed E-state index contributed by atoms with van der Waals surface area (Å²) in [6.45, 7) is 2.00. The van der Waals surface area contributed by atoms with Crippen molar-refractivity contribution in [3.63, 3.8) is 0 Å². The molecule has 3 rings (SSSR count). The number of rotatable bonds is 4. The lowest BCUT2D eigenvalue weighted by Crippen LogP contribution is -2.20. The quantitative estimate of drug-likeness (QED) is 0.734. The molecule has 0 spiro atoms. The highest BCUT2D eigenvalue weighted by molar-refractivity contribution is 7.07. The van der Waals surface area contributed by atoms with Gasteiger partial charge in [0, 0.05) is 11.6 Å². The second-order valence-electron chi connectivity index (χ2n) is 5.58. The highest BCUT2D eigenvalue weighted by Gasteiger charge is 2.04. The van der Waals surface area contributed by atoms with E-state index in [1.54, 1.807) is 31.4 Å². The molecule has 0 bridgehead atoms. The minimum atomic E-state index is -0.194. The Kier molecular flexibility index (Phi) is 4.95. The third-order valence-corrected chi connectivity index (χ3v) is 4.62. The topological polar surface area (TPSA) is 59.2 Å². The Labute approximate surface area is 148 Å². The zero-order valence-electron chi connectivity index (χ0n) is 13.9. The van der Waals surface area contributed by atoms with Gasteiger partial charge in [-0.1, -0.05) is 29.8 Å².